The number of hydrogen-bond acceptors (Lipinski definition) is 1. The molecule has 1 aromatic carbocycles. The van der Waals surface area contributed by atoms with Gasteiger partial charge in [0.2, 0.25) is 0 Å². The zero-order valence-electron chi connectivity index (χ0n) is 9.97. The highest BCUT2D eigenvalue weighted by Crippen LogP contribution is 2.38. The Morgan fingerprint density at radius 3 is 2.35 bits per heavy atom. The van der Waals surface area contributed by atoms with E-state index in [4.69, 9.17) is 0 Å². The Bertz CT molecular complexity index is 432. The molecular weight excluding hydrogens is 220 g/mol. The summed E-state index contributed by atoms with van der Waals surface area (Å²) in [5.74, 6) is -1.12. The van der Waals surface area contributed by atoms with Crippen molar-refractivity contribution in [3.63, 3.8) is 0 Å². The molecule has 2 fully saturated rings. The summed E-state index contributed by atoms with van der Waals surface area (Å²) in [6.07, 6.45) is 4.24. The third kappa shape index (κ3) is 1.86. The molecule has 1 nitrogen and oxygen atoms in total. The van der Waals surface area contributed by atoms with Crippen LogP contribution in [-0.2, 0) is 0 Å². The van der Waals surface area contributed by atoms with Crippen LogP contribution in [-0.4, -0.2) is 12.1 Å². The molecule has 3 rings (SSSR count). The van der Waals surface area contributed by atoms with E-state index in [0.717, 1.165) is 12.8 Å². The SMILES string of the molecule is Cc1ccc(C2CC3CCC(C2)N3)c(F)c1F. The molecule has 1 N–H and O–H groups in total. The second-order valence-electron chi connectivity index (χ2n) is 5.41. The molecule has 0 spiro atoms. The Morgan fingerprint density at radius 2 is 1.71 bits per heavy atom. The van der Waals surface area contributed by atoms with Crippen LogP contribution in [0.3, 0.4) is 0 Å². The van der Waals surface area contributed by atoms with Gasteiger partial charge in [-0.05, 0) is 49.7 Å². The summed E-state index contributed by atoms with van der Waals surface area (Å²) >= 11 is 0. The third-order valence-electron chi connectivity index (χ3n) is 4.22. The van der Waals surface area contributed by atoms with Gasteiger partial charge in [0.15, 0.2) is 11.6 Å². The van der Waals surface area contributed by atoms with Crippen LogP contribution in [0.5, 0.6) is 0 Å². The fraction of sp³-hybridized carbons (Fsp3) is 0.571. The molecular formula is C14H17F2N. The predicted molar refractivity (Wildman–Crippen MR) is 63.0 cm³/mol. The Labute approximate surface area is 100 Å². The van der Waals surface area contributed by atoms with Crippen molar-refractivity contribution in [1.82, 2.24) is 5.32 Å². The highest BCUT2D eigenvalue weighted by atomic mass is 19.2. The van der Waals surface area contributed by atoms with Crippen molar-refractivity contribution in [1.29, 1.82) is 0 Å². The maximum Gasteiger partial charge on any atom is 0.162 e. The molecule has 0 saturated carbocycles. The van der Waals surface area contributed by atoms with Crippen LogP contribution in [0.4, 0.5) is 8.78 Å². The first-order chi connectivity index (χ1) is 8.15. The number of rotatable bonds is 1. The lowest BCUT2D eigenvalue weighted by molar-refractivity contribution is 0.352. The summed E-state index contributed by atoms with van der Waals surface area (Å²) in [6.45, 7) is 1.61. The quantitative estimate of drug-likeness (QED) is 0.790. The normalized spacial score (nSPS) is 31.8. The number of benzene rings is 1. The second-order valence-corrected chi connectivity index (χ2v) is 5.41. The topological polar surface area (TPSA) is 12.0 Å². The summed E-state index contributed by atoms with van der Waals surface area (Å²) in [4.78, 5) is 0. The standard InChI is InChI=1S/C14H17F2N/c1-8-2-5-12(14(16)13(8)15)9-6-10-3-4-11(7-9)17-10/h2,5,9-11,17H,3-4,6-7H2,1H3. The van der Waals surface area contributed by atoms with E-state index in [1.165, 1.54) is 12.8 Å². The van der Waals surface area contributed by atoms with Crippen molar-refractivity contribution in [2.24, 2.45) is 0 Å². The first kappa shape index (κ1) is 11.1. The molecule has 2 aliphatic heterocycles. The monoisotopic (exact) mass is 237 g/mol. The van der Waals surface area contributed by atoms with Crippen LogP contribution in [0, 0.1) is 18.6 Å². The lowest BCUT2D eigenvalue weighted by Crippen LogP contribution is -2.37. The smallest absolute Gasteiger partial charge is 0.162 e. The number of nitrogens with one attached hydrogen (secondary N) is 1. The van der Waals surface area contributed by atoms with Gasteiger partial charge in [-0.1, -0.05) is 12.1 Å². The highest BCUT2D eigenvalue weighted by Gasteiger charge is 2.35. The van der Waals surface area contributed by atoms with Crippen molar-refractivity contribution in [3.8, 4) is 0 Å². The van der Waals surface area contributed by atoms with Crippen LogP contribution in [0.2, 0.25) is 0 Å². The van der Waals surface area contributed by atoms with Gasteiger partial charge in [-0.15, -0.1) is 0 Å². The first-order valence-corrected chi connectivity index (χ1v) is 6.35. The zero-order chi connectivity index (χ0) is 12.0. The van der Waals surface area contributed by atoms with Gasteiger partial charge in [0, 0.05) is 12.1 Å². The lowest BCUT2D eigenvalue weighted by atomic mass is 9.85. The summed E-state index contributed by atoms with van der Waals surface area (Å²) in [6, 6.07) is 4.46. The van der Waals surface area contributed by atoms with E-state index in [9.17, 15) is 8.78 Å². The summed E-state index contributed by atoms with van der Waals surface area (Å²) in [5.41, 5.74) is 0.967. The molecule has 2 bridgehead atoms. The first-order valence-electron chi connectivity index (χ1n) is 6.35. The fourth-order valence-corrected chi connectivity index (χ4v) is 3.29. The maximum absolute atomic E-state index is 13.9. The minimum absolute atomic E-state index is 0.184. The largest absolute Gasteiger partial charge is 0.311 e. The van der Waals surface area contributed by atoms with Crippen molar-refractivity contribution in [3.05, 3.63) is 34.9 Å². The molecule has 0 amide bonds. The predicted octanol–water partition coefficient (Wildman–Crippen LogP) is 3.27. The Morgan fingerprint density at radius 1 is 1.06 bits per heavy atom. The summed E-state index contributed by atoms with van der Waals surface area (Å²) in [7, 11) is 0. The molecule has 1 aromatic rings. The van der Waals surface area contributed by atoms with Crippen LogP contribution in [0.25, 0.3) is 0 Å². The van der Waals surface area contributed by atoms with Gasteiger partial charge in [-0.3, -0.25) is 0 Å². The van der Waals surface area contributed by atoms with E-state index >= 15 is 0 Å². The lowest BCUT2D eigenvalue weighted by Gasteiger charge is -2.29. The number of aryl methyl sites for hydroxylation is 1. The van der Waals surface area contributed by atoms with E-state index in [-0.39, 0.29) is 5.92 Å². The van der Waals surface area contributed by atoms with E-state index in [2.05, 4.69) is 5.32 Å². The molecule has 2 unspecified atom stereocenters. The minimum atomic E-state index is -0.673. The van der Waals surface area contributed by atoms with Gasteiger partial charge in [0.05, 0.1) is 0 Å². The molecule has 2 heterocycles. The van der Waals surface area contributed by atoms with E-state index in [0.29, 0.717) is 23.2 Å². The average molecular weight is 237 g/mol. The van der Waals surface area contributed by atoms with Gasteiger partial charge >= 0.3 is 0 Å². The number of fused-ring (bicyclic) bond motifs is 2. The maximum atomic E-state index is 13.9. The minimum Gasteiger partial charge on any atom is -0.311 e. The zero-order valence-corrected chi connectivity index (χ0v) is 9.97. The van der Waals surface area contributed by atoms with Gasteiger partial charge < -0.3 is 5.32 Å². The molecule has 17 heavy (non-hydrogen) atoms. The van der Waals surface area contributed by atoms with Crippen LogP contribution < -0.4 is 5.32 Å². The van der Waals surface area contributed by atoms with Crippen LogP contribution >= 0.6 is 0 Å². The number of halogens is 2. The van der Waals surface area contributed by atoms with Crippen molar-refractivity contribution < 1.29 is 8.78 Å². The van der Waals surface area contributed by atoms with Crippen molar-refractivity contribution in [2.75, 3.05) is 0 Å². The van der Waals surface area contributed by atoms with E-state index < -0.39 is 11.6 Å². The van der Waals surface area contributed by atoms with E-state index in [1.807, 2.05) is 0 Å². The van der Waals surface area contributed by atoms with Gasteiger partial charge in [0.1, 0.15) is 0 Å². The van der Waals surface area contributed by atoms with Crippen molar-refractivity contribution in [2.45, 2.75) is 50.6 Å². The molecule has 2 saturated heterocycles. The van der Waals surface area contributed by atoms with Crippen LogP contribution in [0.15, 0.2) is 12.1 Å². The van der Waals surface area contributed by atoms with Crippen molar-refractivity contribution >= 4 is 0 Å². The molecule has 0 aromatic heterocycles. The van der Waals surface area contributed by atoms with Gasteiger partial charge in [0.25, 0.3) is 0 Å². The molecule has 2 atom stereocenters. The average Bonchev–Trinajstić information content (AvgIpc) is 2.65. The Balaban J connectivity index is 1.92. The third-order valence-corrected chi connectivity index (χ3v) is 4.22. The summed E-state index contributed by atoms with van der Waals surface area (Å²) < 4.78 is 27.5. The fourth-order valence-electron chi connectivity index (χ4n) is 3.29. The summed E-state index contributed by atoms with van der Waals surface area (Å²) in [5, 5.41) is 3.52. The Hall–Kier alpha value is -0.960. The number of hydrogen-bond donors (Lipinski definition) is 1. The number of piperidine rings is 1. The molecule has 3 heteroatoms. The Kier molecular flexibility index (Phi) is 2.66. The highest BCUT2D eigenvalue weighted by molar-refractivity contribution is 5.29. The van der Waals surface area contributed by atoms with Gasteiger partial charge in [-0.2, -0.15) is 0 Å². The van der Waals surface area contributed by atoms with E-state index in [1.54, 1.807) is 19.1 Å². The molecule has 0 radical (unpaired) electrons. The van der Waals surface area contributed by atoms with Crippen LogP contribution in [0.1, 0.15) is 42.7 Å². The second kappa shape index (κ2) is 4.05. The molecule has 2 aliphatic rings. The molecule has 92 valence electrons. The molecule has 0 aliphatic carbocycles. The van der Waals surface area contributed by atoms with Gasteiger partial charge in [-0.25, -0.2) is 8.78 Å².